The van der Waals surface area contributed by atoms with Crippen molar-refractivity contribution in [1.29, 1.82) is 0 Å². The normalized spacial score (nSPS) is 14.4. The van der Waals surface area contributed by atoms with E-state index in [4.69, 9.17) is 23.4 Å². The third-order valence-corrected chi connectivity index (χ3v) is 12.2. The third-order valence-electron chi connectivity index (χ3n) is 4.68. The zero-order valence-corrected chi connectivity index (χ0v) is 16.7. The first-order chi connectivity index (χ1) is 9.96. The van der Waals surface area contributed by atoms with Gasteiger partial charge in [0.1, 0.15) is 0 Å². The first kappa shape index (κ1) is 21.2. The number of hydrogen-bond acceptors (Lipinski definition) is 5. The van der Waals surface area contributed by atoms with Crippen LogP contribution >= 0.6 is 0 Å². The molecular weight excluding hydrogens is 302 g/mol. The summed E-state index contributed by atoms with van der Waals surface area (Å²) in [6.45, 7) is 4.49. The van der Waals surface area contributed by atoms with E-state index in [1.54, 1.807) is 21.3 Å². The Morgan fingerprint density at radius 2 is 1.33 bits per heavy atom. The Kier molecular flexibility index (Phi) is 11.0. The molecule has 0 heterocycles. The Hall–Kier alpha value is 0.234. The molecule has 7 heteroatoms. The van der Waals surface area contributed by atoms with Crippen molar-refractivity contribution in [2.24, 2.45) is 5.73 Å². The highest BCUT2D eigenvalue weighted by Gasteiger charge is 2.37. The van der Waals surface area contributed by atoms with Crippen LogP contribution in [0.3, 0.4) is 0 Å². The minimum absolute atomic E-state index is 0.176. The molecule has 0 aromatic rings. The summed E-state index contributed by atoms with van der Waals surface area (Å²) < 4.78 is 22.1. The molecule has 5 nitrogen and oxygen atoms in total. The summed E-state index contributed by atoms with van der Waals surface area (Å²) in [5, 5.41) is 0. The lowest BCUT2D eigenvalue weighted by Crippen LogP contribution is -2.44. The first-order valence-electron chi connectivity index (χ1n) is 7.93. The Morgan fingerprint density at radius 1 is 0.810 bits per heavy atom. The fourth-order valence-electron chi connectivity index (χ4n) is 2.74. The molecule has 0 saturated carbocycles. The Balaban J connectivity index is 4.13. The summed E-state index contributed by atoms with van der Waals surface area (Å²) >= 11 is 0. The van der Waals surface area contributed by atoms with E-state index in [1.807, 2.05) is 7.11 Å². The van der Waals surface area contributed by atoms with Crippen molar-refractivity contribution >= 4 is 17.1 Å². The van der Waals surface area contributed by atoms with Crippen molar-refractivity contribution in [1.82, 2.24) is 0 Å². The van der Waals surface area contributed by atoms with Gasteiger partial charge >= 0.3 is 8.80 Å². The van der Waals surface area contributed by atoms with E-state index >= 15 is 0 Å². The van der Waals surface area contributed by atoms with Crippen molar-refractivity contribution in [3.05, 3.63) is 0 Å². The number of hydrogen-bond donors (Lipinski definition) is 1. The maximum atomic E-state index is 6.23. The second-order valence-corrected chi connectivity index (χ2v) is 13.4. The average Bonchev–Trinajstić information content (AvgIpc) is 2.54. The average molecular weight is 338 g/mol. The van der Waals surface area contributed by atoms with E-state index in [0.29, 0.717) is 0 Å². The van der Waals surface area contributed by atoms with Gasteiger partial charge in [-0.15, -0.1) is 0 Å². The van der Waals surface area contributed by atoms with E-state index in [9.17, 15) is 0 Å². The molecule has 0 amide bonds. The van der Waals surface area contributed by atoms with Crippen molar-refractivity contribution in [2.75, 3.05) is 28.4 Å². The summed E-state index contributed by atoms with van der Waals surface area (Å²) in [5.41, 5.74) is 6.23. The van der Waals surface area contributed by atoms with E-state index in [-0.39, 0.29) is 6.04 Å². The van der Waals surface area contributed by atoms with Crippen LogP contribution in [0.4, 0.5) is 0 Å². The quantitative estimate of drug-likeness (QED) is 0.523. The van der Waals surface area contributed by atoms with Gasteiger partial charge in [-0.1, -0.05) is 20.3 Å². The lowest BCUT2D eigenvalue weighted by atomic mass is 10.1. The summed E-state index contributed by atoms with van der Waals surface area (Å²) in [4.78, 5) is 0. The van der Waals surface area contributed by atoms with Gasteiger partial charge in [0.25, 0.3) is 0 Å². The van der Waals surface area contributed by atoms with Crippen LogP contribution in [0.5, 0.6) is 0 Å². The highest BCUT2D eigenvalue weighted by atomic mass is 28.4. The molecular formula is C14H35NO4Si2. The molecule has 0 aromatic heterocycles. The van der Waals surface area contributed by atoms with Gasteiger partial charge in [-0.3, -0.25) is 0 Å². The highest BCUT2D eigenvalue weighted by Crippen LogP contribution is 2.25. The molecule has 1 atom stereocenters. The minimum Gasteiger partial charge on any atom is -0.420 e. The maximum absolute atomic E-state index is 6.23. The molecule has 1 unspecified atom stereocenters. The van der Waals surface area contributed by atoms with Gasteiger partial charge in [0.05, 0.1) is 0 Å². The smallest absolute Gasteiger partial charge is 0.420 e. The van der Waals surface area contributed by atoms with Crippen molar-refractivity contribution in [3.63, 3.8) is 0 Å². The fraction of sp³-hybridized carbons (Fsp3) is 1.00. The zero-order chi connectivity index (χ0) is 16.4. The summed E-state index contributed by atoms with van der Waals surface area (Å²) in [5.74, 6) is 0. The molecule has 0 aliphatic carbocycles. The predicted octanol–water partition coefficient (Wildman–Crippen LogP) is 2.99. The second-order valence-electron chi connectivity index (χ2n) is 5.58. The Morgan fingerprint density at radius 3 is 1.71 bits per heavy atom. The lowest BCUT2D eigenvalue weighted by Gasteiger charge is -2.28. The molecule has 0 saturated heterocycles. The van der Waals surface area contributed by atoms with E-state index in [0.717, 1.165) is 25.3 Å². The van der Waals surface area contributed by atoms with E-state index < -0.39 is 17.1 Å². The molecule has 0 radical (unpaired) electrons. The molecule has 0 aliphatic rings. The molecule has 0 rings (SSSR count). The van der Waals surface area contributed by atoms with Crippen LogP contribution in [0.15, 0.2) is 0 Å². The summed E-state index contributed by atoms with van der Waals surface area (Å²) in [7, 11) is 2.85. The fourth-order valence-corrected chi connectivity index (χ4v) is 7.42. The van der Waals surface area contributed by atoms with Gasteiger partial charge in [-0.25, -0.2) is 0 Å². The Labute approximate surface area is 133 Å². The monoisotopic (exact) mass is 337 g/mol. The largest absolute Gasteiger partial charge is 0.500 e. The van der Waals surface area contributed by atoms with Gasteiger partial charge in [0, 0.05) is 40.5 Å². The van der Waals surface area contributed by atoms with Crippen LogP contribution in [0.1, 0.15) is 33.1 Å². The van der Waals surface area contributed by atoms with Crippen LogP contribution in [-0.2, 0) is 17.7 Å². The van der Waals surface area contributed by atoms with Crippen LogP contribution in [0, 0.1) is 0 Å². The van der Waals surface area contributed by atoms with E-state index in [1.165, 1.54) is 18.1 Å². The molecule has 21 heavy (non-hydrogen) atoms. The molecule has 0 aromatic carbocycles. The van der Waals surface area contributed by atoms with Gasteiger partial charge in [0.15, 0.2) is 8.32 Å². The number of nitrogens with two attached hydrogens (primary N) is 1. The minimum atomic E-state index is -2.47. The lowest BCUT2D eigenvalue weighted by molar-refractivity contribution is 0.122. The van der Waals surface area contributed by atoms with E-state index in [2.05, 4.69) is 13.8 Å². The summed E-state index contributed by atoms with van der Waals surface area (Å²) in [6, 6.07) is 4.51. The van der Waals surface area contributed by atoms with Crippen LogP contribution < -0.4 is 5.73 Å². The van der Waals surface area contributed by atoms with Crippen molar-refractivity contribution < 1.29 is 17.7 Å². The maximum Gasteiger partial charge on any atom is 0.500 e. The Bertz CT molecular complexity index is 245. The topological polar surface area (TPSA) is 62.9 Å². The van der Waals surface area contributed by atoms with Gasteiger partial charge in [0.2, 0.25) is 0 Å². The SMILES string of the molecule is CC[Si](CC)(CCCC(N)CC[Si](OC)(OC)OC)OC. The molecule has 0 spiro atoms. The molecule has 2 N–H and O–H groups in total. The van der Waals surface area contributed by atoms with Crippen molar-refractivity contribution in [2.45, 2.75) is 63.3 Å². The molecule has 128 valence electrons. The molecule has 0 fully saturated rings. The van der Waals surface area contributed by atoms with Crippen LogP contribution in [-0.4, -0.2) is 51.6 Å². The first-order valence-corrected chi connectivity index (χ1v) is 12.4. The van der Waals surface area contributed by atoms with Gasteiger partial charge in [-0.05, 0) is 31.0 Å². The molecule has 0 bridgehead atoms. The van der Waals surface area contributed by atoms with Gasteiger partial charge in [-0.2, -0.15) is 0 Å². The highest BCUT2D eigenvalue weighted by molar-refractivity contribution is 6.73. The van der Waals surface area contributed by atoms with Crippen LogP contribution in [0.2, 0.25) is 24.2 Å². The third kappa shape index (κ3) is 6.90. The molecule has 0 aliphatic heterocycles. The standard InChI is InChI=1S/C14H35NO4Si2/c1-7-20(8-2,16-3)12-9-10-14(15)11-13-21(17-4,18-5)19-6/h14H,7-13,15H2,1-6H3. The predicted molar refractivity (Wildman–Crippen MR) is 91.9 cm³/mol. The number of rotatable bonds is 13. The summed E-state index contributed by atoms with van der Waals surface area (Å²) in [6.07, 6.45) is 3.05. The van der Waals surface area contributed by atoms with Gasteiger partial charge < -0.3 is 23.4 Å². The van der Waals surface area contributed by atoms with Crippen molar-refractivity contribution in [3.8, 4) is 0 Å². The van der Waals surface area contributed by atoms with Crippen LogP contribution in [0.25, 0.3) is 0 Å². The second kappa shape index (κ2) is 10.9. The zero-order valence-electron chi connectivity index (χ0n) is 14.7.